The lowest BCUT2D eigenvalue weighted by Crippen LogP contribution is -1.87. The number of phenols is 2. The quantitative estimate of drug-likeness (QED) is 0.454. The molecule has 0 amide bonds. The number of benzene rings is 2. The number of hydrogen-bond donors (Lipinski definition) is 2. The van der Waals surface area contributed by atoms with Gasteiger partial charge in [-0.05, 0) is 62.1 Å². The fourth-order valence-electron chi connectivity index (χ4n) is 2.88. The third kappa shape index (κ3) is 4.15. The van der Waals surface area contributed by atoms with Gasteiger partial charge in [0.05, 0.1) is 0 Å². The maximum absolute atomic E-state index is 9.52. The third-order valence-electron chi connectivity index (χ3n) is 4.80. The number of aromatic nitrogens is 2. The fraction of sp³-hybridized carbons (Fsp3) is 0.182. The molecule has 0 saturated carbocycles. The van der Waals surface area contributed by atoms with E-state index < -0.39 is 0 Å². The van der Waals surface area contributed by atoms with Crippen LogP contribution in [0.5, 0.6) is 11.5 Å². The van der Waals surface area contributed by atoms with Crippen molar-refractivity contribution in [2.45, 2.75) is 27.7 Å². The molecule has 27 heavy (non-hydrogen) atoms. The summed E-state index contributed by atoms with van der Waals surface area (Å²) in [5, 5.41) is 21.1. The summed E-state index contributed by atoms with van der Waals surface area (Å²) >= 11 is 0. The van der Waals surface area contributed by atoms with Crippen LogP contribution in [0.2, 0.25) is 0 Å². The summed E-state index contributed by atoms with van der Waals surface area (Å²) in [6, 6.07) is 10.9. The second kappa shape index (κ2) is 8.54. The number of aryl methyl sites for hydroxylation is 4. The number of nitrogens with zero attached hydrogens (tertiary/aromatic N) is 2. The van der Waals surface area contributed by atoms with Crippen molar-refractivity contribution >= 4 is 44.9 Å². The van der Waals surface area contributed by atoms with Crippen molar-refractivity contribution in [2.75, 3.05) is 0 Å². The molecular formula is C22H24MgN2O2. The SMILES string of the molecule is Cc1cnc2c(O)cccc2c1C.Cc1cnc2c(O)cccc2c1C.[MgH2]. The summed E-state index contributed by atoms with van der Waals surface area (Å²) in [6.07, 6.45) is 3.58. The first-order chi connectivity index (χ1) is 12.4. The molecule has 0 atom stereocenters. The van der Waals surface area contributed by atoms with Gasteiger partial charge in [0.2, 0.25) is 0 Å². The van der Waals surface area contributed by atoms with Crippen LogP contribution in [0.15, 0.2) is 48.8 Å². The number of aromatic hydroxyl groups is 2. The highest BCUT2D eigenvalue weighted by Crippen LogP contribution is 2.26. The predicted octanol–water partition coefficient (Wildman–Crippen LogP) is 4.20. The van der Waals surface area contributed by atoms with Crippen molar-refractivity contribution in [1.82, 2.24) is 9.97 Å². The van der Waals surface area contributed by atoms with Gasteiger partial charge in [0.1, 0.15) is 22.5 Å². The van der Waals surface area contributed by atoms with Crippen molar-refractivity contribution in [2.24, 2.45) is 0 Å². The number of fused-ring (bicyclic) bond motifs is 2. The van der Waals surface area contributed by atoms with Crippen LogP contribution in [-0.4, -0.2) is 43.2 Å². The molecule has 5 heteroatoms. The van der Waals surface area contributed by atoms with Gasteiger partial charge in [0, 0.05) is 23.2 Å². The van der Waals surface area contributed by atoms with E-state index in [0.717, 1.165) is 21.9 Å². The Hall–Kier alpha value is -2.37. The van der Waals surface area contributed by atoms with Crippen LogP contribution in [-0.2, 0) is 0 Å². The topological polar surface area (TPSA) is 66.2 Å². The Kier molecular flexibility index (Phi) is 6.62. The van der Waals surface area contributed by atoms with Crippen molar-refractivity contribution in [3.05, 3.63) is 71.0 Å². The van der Waals surface area contributed by atoms with Gasteiger partial charge in [0.15, 0.2) is 0 Å². The monoisotopic (exact) mass is 372 g/mol. The van der Waals surface area contributed by atoms with Gasteiger partial charge in [-0.1, -0.05) is 24.3 Å². The van der Waals surface area contributed by atoms with E-state index >= 15 is 0 Å². The average molecular weight is 373 g/mol. The highest BCUT2D eigenvalue weighted by Gasteiger charge is 2.05. The Morgan fingerprint density at radius 2 is 1.00 bits per heavy atom. The molecule has 2 heterocycles. The molecule has 0 aliphatic carbocycles. The van der Waals surface area contributed by atoms with E-state index in [-0.39, 0.29) is 34.6 Å². The summed E-state index contributed by atoms with van der Waals surface area (Å²) in [5.74, 6) is 0.501. The number of rotatable bonds is 0. The van der Waals surface area contributed by atoms with Crippen LogP contribution in [0.1, 0.15) is 22.3 Å². The van der Waals surface area contributed by atoms with E-state index in [0.29, 0.717) is 11.0 Å². The highest BCUT2D eigenvalue weighted by molar-refractivity contribution is 5.88. The van der Waals surface area contributed by atoms with Gasteiger partial charge in [-0.3, -0.25) is 9.97 Å². The molecule has 4 nitrogen and oxygen atoms in total. The zero-order valence-corrected chi connectivity index (χ0v) is 15.4. The van der Waals surface area contributed by atoms with Crippen LogP contribution in [0.25, 0.3) is 21.8 Å². The minimum absolute atomic E-state index is 0. The van der Waals surface area contributed by atoms with Crippen LogP contribution in [0.3, 0.4) is 0 Å². The minimum atomic E-state index is 0. The van der Waals surface area contributed by atoms with E-state index in [4.69, 9.17) is 0 Å². The lowest BCUT2D eigenvalue weighted by Gasteiger charge is -2.05. The van der Waals surface area contributed by atoms with Crippen LogP contribution < -0.4 is 0 Å². The molecule has 0 aliphatic heterocycles. The number of pyridine rings is 2. The molecule has 2 aromatic heterocycles. The van der Waals surface area contributed by atoms with Crippen LogP contribution >= 0.6 is 0 Å². The third-order valence-corrected chi connectivity index (χ3v) is 4.80. The summed E-state index contributed by atoms with van der Waals surface area (Å²) < 4.78 is 0. The molecule has 0 radical (unpaired) electrons. The smallest absolute Gasteiger partial charge is 0.316 e. The zero-order chi connectivity index (χ0) is 18.8. The first-order valence-electron chi connectivity index (χ1n) is 8.48. The second-order valence-electron chi connectivity index (χ2n) is 6.48. The molecule has 0 spiro atoms. The molecular weight excluding hydrogens is 349 g/mol. The maximum Gasteiger partial charge on any atom is 0.316 e. The Balaban J connectivity index is 0.000000187. The Bertz CT molecular complexity index is 1020. The van der Waals surface area contributed by atoms with Gasteiger partial charge in [0.25, 0.3) is 0 Å². The molecule has 2 aromatic carbocycles. The minimum Gasteiger partial charge on any atom is -0.506 e. The average Bonchev–Trinajstić information content (AvgIpc) is 2.63. The largest absolute Gasteiger partial charge is 0.506 e. The first-order valence-corrected chi connectivity index (χ1v) is 8.48. The van der Waals surface area contributed by atoms with Gasteiger partial charge < -0.3 is 10.2 Å². The molecule has 0 fully saturated rings. The van der Waals surface area contributed by atoms with Gasteiger partial charge in [-0.15, -0.1) is 0 Å². The van der Waals surface area contributed by atoms with E-state index in [9.17, 15) is 10.2 Å². The molecule has 0 saturated heterocycles. The lowest BCUT2D eigenvalue weighted by atomic mass is 10.1. The normalized spacial score (nSPS) is 10.2. The van der Waals surface area contributed by atoms with E-state index in [1.54, 1.807) is 24.5 Å². The Labute approximate surface area is 175 Å². The summed E-state index contributed by atoms with van der Waals surface area (Å²) in [7, 11) is 0. The molecule has 4 rings (SSSR count). The first kappa shape index (κ1) is 20.9. The number of hydrogen-bond acceptors (Lipinski definition) is 4. The van der Waals surface area contributed by atoms with Crippen LogP contribution in [0.4, 0.5) is 0 Å². The number of para-hydroxylation sites is 2. The standard InChI is InChI=1S/2C11H11NO.Mg.2H/c2*1-7-6-12-11-9(8(7)2)4-3-5-10(11)13;;;/h2*3-6,13H,1-2H3;;;. The molecule has 0 aliphatic rings. The molecule has 0 unspecified atom stereocenters. The fourth-order valence-corrected chi connectivity index (χ4v) is 2.88. The molecule has 2 N–H and O–H groups in total. The zero-order valence-electron chi connectivity index (χ0n) is 15.4. The van der Waals surface area contributed by atoms with Crippen LogP contribution in [0, 0.1) is 27.7 Å². The second-order valence-corrected chi connectivity index (χ2v) is 6.48. The Morgan fingerprint density at radius 3 is 1.37 bits per heavy atom. The molecule has 0 bridgehead atoms. The summed E-state index contributed by atoms with van der Waals surface area (Å²) in [6.45, 7) is 8.12. The van der Waals surface area contributed by atoms with E-state index in [1.807, 2.05) is 52.0 Å². The summed E-state index contributed by atoms with van der Waals surface area (Å²) in [4.78, 5) is 8.38. The van der Waals surface area contributed by atoms with Crippen molar-refractivity contribution in [1.29, 1.82) is 0 Å². The van der Waals surface area contributed by atoms with Crippen molar-refractivity contribution in [3.63, 3.8) is 0 Å². The lowest BCUT2D eigenvalue weighted by molar-refractivity contribution is 0.480. The van der Waals surface area contributed by atoms with Gasteiger partial charge >= 0.3 is 23.1 Å². The number of phenolic OH excluding ortho intramolecular Hbond substituents is 2. The highest BCUT2D eigenvalue weighted by atomic mass is 24.3. The summed E-state index contributed by atoms with van der Waals surface area (Å²) in [5.41, 5.74) is 6.04. The van der Waals surface area contributed by atoms with Gasteiger partial charge in [-0.2, -0.15) is 0 Å². The predicted molar refractivity (Wildman–Crippen MR) is 114 cm³/mol. The van der Waals surface area contributed by atoms with Gasteiger partial charge in [-0.25, -0.2) is 0 Å². The van der Waals surface area contributed by atoms with E-state index in [2.05, 4.69) is 9.97 Å². The maximum atomic E-state index is 9.52. The van der Waals surface area contributed by atoms with E-state index in [1.165, 1.54) is 11.1 Å². The van der Waals surface area contributed by atoms with Crippen molar-refractivity contribution < 1.29 is 10.2 Å². The molecule has 4 aromatic rings. The molecule has 136 valence electrons. The Morgan fingerprint density at radius 1 is 0.630 bits per heavy atom. The van der Waals surface area contributed by atoms with Crippen molar-refractivity contribution in [3.8, 4) is 11.5 Å².